The summed E-state index contributed by atoms with van der Waals surface area (Å²) in [6.07, 6.45) is -2.62. The standard InChI is InChI=1S/C11H22O5/c1-6(2)4-7-9(13)10(14)8(5-12)16-11(7)15-3/h6-14H,4-5H2,1-3H3. The molecule has 3 N–H and O–H groups in total. The highest BCUT2D eigenvalue weighted by atomic mass is 16.7. The number of hydrogen-bond donors (Lipinski definition) is 3. The van der Waals surface area contributed by atoms with Crippen LogP contribution in [0.1, 0.15) is 20.3 Å². The van der Waals surface area contributed by atoms with Crippen LogP contribution in [0.3, 0.4) is 0 Å². The molecule has 0 aromatic heterocycles. The van der Waals surface area contributed by atoms with Crippen LogP contribution in [0.2, 0.25) is 0 Å². The molecule has 0 aromatic carbocycles. The molecule has 0 aromatic rings. The van der Waals surface area contributed by atoms with Gasteiger partial charge in [0.1, 0.15) is 12.2 Å². The summed E-state index contributed by atoms with van der Waals surface area (Å²) in [5.41, 5.74) is 0. The van der Waals surface area contributed by atoms with Crippen molar-refractivity contribution in [1.29, 1.82) is 0 Å². The summed E-state index contributed by atoms with van der Waals surface area (Å²) < 4.78 is 10.5. The van der Waals surface area contributed by atoms with Crippen molar-refractivity contribution in [1.82, 2.24) is 0 Å². The van der Waals surface area contributed by atoms with Gasteiger partial charge in [0.2, 0.25) is 0 Å². The first-order valence-corrected chi connectivity index (χ1v) is 5.66. The quantitative estimate of drug-likeness (QED) is 0.624. The number of hydrogen-bond acceptors (Lipinski definition) is 5. The molecule has 96 valence electrons. The van der Waals surface area contributed by atoms with E-state index in [2.05, 4.69) is 0 Å². The Bertz CT molecular complexity index is 207. The third-order valence-corrected chi connectivity index (χ3v) is 2.98. The van der Waals surface area contributed by atoms with Crippen LogP contribution in [-0.2, 0) is 9.47 Å². The number of aliphatic hydroxyl groups is 3. The SMILES string of the molecule is COC1OC(CO)C(O)C(O)C1CC(C)C. The number of methoxy groups -OCH3 is 1. The molecule has 0 aliphatic carbocycles. The summed E-state index contributed by atoms with van der Waals surface area (Å²) in [5.74, 6) is 0.113. The number of ether oxygens (including phenoxy) is 2. The predicted molar refractivity (Wildman–Crippen MR) is 57.7 cm³/mol. The van der Waals surface area contributed by atoms with Gasteiger partial charge < -0.3 is 24.8 Å². The predicted octanol–water partition coefficient (Wildman–Crippen LogP) is -0.266. The molecule has 0 saturated carbocycles. The molecule has 16 heavy (non-hydrogen) atoms. The fraction of sp³-hybridized carbons (Fsp3) is 1.00. The molecule has 5 heteroatoms. The lowest BCUT2D eigenvalue weighted by Gasteiger charge is -2.42. The van der Waals surface area contributed by atoms with E-state index in [1.165, 1.54) is 7.11 Å². The van der Waals surface area contributed by atoms with Gasteiger partial charge in [-0.3, -0.25) is 0 Å². The molecule has 5 nitrogen and oxygen atoms in total. The van der Waals surface area contributed by atoms with E-state index in [9.17, 15) is 10.2 Å². The van der Waals surface area contributed by atoms with Crippen molar-refractivity contribution in [2.75, 3.05) is 13.7 Å². The minimum absolute atomic E-state index is 0.261. The Kier molecular flexibility index (Phi) is 5.14. The molecule has 0 radical (unpaired) electrons. The molecule has 1 saturated heterocycles. The highest BCUT2D eigenvalue weighted by Crippen LogP contribution is 2.31. The second kappa shape index (κ2) is 5.93. The van der Waals surface area contributed by atoms with Crippen LogP contribution >= 0.6 is 0 Å². The van der Waals surface area contributed by atoms with Gasteiger partial charge in [0, 0.05) is 13.0 Å². The first-order valence-electron chi connectivity index (χ1n) is 5.66. The summed E-state index contributed by atoms with van der Waals surface area (Å²) >= 11 is 0. The minimum Gasteiger partial charge on any atom is -0.394 e. The van der Waals surface area contributed by atoms with Crippen LogP contribution in [0.15, 0.2) is 0 Å². The van der Waals surface area contributed by atoms with Crippen LogP contribution in [0.25, 0.3) is 0 Å². The zero-order valence-corrected chi connectivity index (χ0v) is 10.0. The molecule has 1 rings (SSSR count). The highest BCUT2D eigenvalue weighted by Gasteiger charge is 2.44. The zero-order valence-electron chi connectivity index (χ0n) is 10.0. The average Bonchev–Trinajstić information content (AvgIpc) is 2.25. The summed E-state index contributed by atoms with van der Waals surface area (Å²) in [6, 6.07) is 0. The molecule has 1 aliphatic heterocycles. The van der Waals surface area contributed by atoms with Crippen molar-refractivity contribution >= 4 is 0 Å². The van der Waals surface area contributed by atoms with Crippen LogP contribution in [0.5, 0.6) is 0 Å². The van der Waals surface area contributed by atoms with Gasteiger partial charge in [-0.15, -0.1) is 0 Å². The van der Waals surface area contributed by atoms with Crippen molar-refractivity contribution < 1.29 is 24.8 Å². The second-order valence-corrected chi connectivity index (χ2v) is 4.74. The molecular weight excluding hydrogens is 212 g/mol. The van der Waals surface area contributed by atoms with E-state index in [0.29, 0.717) is 12.3 Å². The van der Waals surface area contributed by atoms with Crippen molar-refractivity contribution in [3.05, 3.63) is 0 Å². The van der Waals surface area contributed by atoms with Crippen molar-refractivity contribution in [3.63, 3.8) is 0 Å². The lowest BCUT2D eigenvalue weighted by Crippen LogP contribution is -2.56. The topological polar surface area (TPSA) is 79.2 Å². The molecule has 0 amide bonds. The maximum absolute atomic E-state index is 9.97. The lowest BCUT2D eigenvalue weighted by atomic mass is 9.85. The molecule has 0 spiro atoms. The number of aliphatic hydroxyl groups excluding tert-OH is 3. The Morgan fingerprint density at radius 3 is 2.31 bits per heavy atom. The van der Waals surface area contributed by atoms with Crippen LogP contribution in [0, 0.1) is 11.8 Å². The van der Waals surface area contributed by atoms with Crippen molar-refractivity contribution in [2.24, 2.45) is 11.8 Å². The Labute approximate surface area is 96.0 Å². The van der Waals surface area contributed by atoms with Gasteiger partial charge >= 0.3 is 0 Å². The Hall–Kier alpha value is -0.200. The molecule has 0 bridgehead atoms. The van der Waals surface area contributed by atoms with E-state index in [1.54, 1.807) is 0 Å². The Morgan fingerprint density at radius 2 is 1.88 bits per heavy atom. The summed E-state index contributed by atoms with van der Waals surface area (Å²) in [7, 11) is 1.50. The van der Waals surface area contributed by atoms with Gasteiger partial charge in [-0.25, -0.2) is 0 Å². The maximum Gasteiger partial charge on any atom is 0.163 e. The zero-order chi connectivity index (χ0) is 12.3. The fourth-order valence-corrected chi connectivity index (χ4v) is 2.16. The monoisotopic (exact) mass is 234 g/mol. The molecule has 5 unspecified atom stereocenters. The van der Waals surface area contributed by atoms with Crippen LogP contribution < -0.4 is 0 Å². The normalized spacial score (nSPS) is 40.3. The van der Waals surface area contributed by atoms with E-state index in [1.807, 2.05) is 13.8 Å². The van der Waals surface area contributed by atoms with E-state index in [4.69, 9.17) is 14.6 Å². The van der Waals surface area contributed by atoms with Crippen molar-refractivity contribution in [3.8, 4) is 0 Å². The van der Waals surface area contributed by atoms with Gasteiger partial charge in [0.15, 0.2) is 6.29 Å². The summed E-state index contributed by atoms with van der Waals surface area (Å²) in [6.45, 7) is 3.74. The fourth-order valence-electron chi connectivity index (χ4n) is 2.16. The third kappa shape index (κ3) is 2.93. The second-order valence-electron chi connectivity index (χ2n) is 4.74. The van der Waals surface area contributed by atoms with E-state index in [-0.39, 0.29) is 12.5 Å². The van der Waals surface area contributed by atoms with Gasteiger partial charge in [-0.2, -0.15) is 0 Å². The average molecular weight is 234 g/mol. The first-order chi connectivity index (χ1) is 7.51. The smallest absolute Gasteiger partial charge is 0.163 e. The molecule has 1 aliphatic rings. The first kappa shape index (κ1) is 13.9. The van der Waals surface area contributed by atoms with Gasteiger partial charge in [0.05, 0.1) is 12.7 Å². The summed E-state index contributed by atoms with van der Waals surface area (Å²) in [5, 5.41) is 28.7. The Morgan fingerprint density at radius 1 is 1.25 bits per heavy atom. The summed E-state index contributed by atoms with van der Waals surface area (Å²) in [4.78, 5) is 0. The van der Waals surface area contributed by atoms with Crippen LogP contribution in [0.4, 0.5) is 0 Å². The van der Waals surface area contributed by atoms with Gasteiger partial charge in [-0.1, -0.05) is 13.8 Å². The van der Waals surface area contributed by atoms with E-state index in [0.717, 1.165) is 0 Å². The minimum atomic E-state index is -1.06. The highest BCUT2D eigenvalue weighted by molar-refractivity contribution is 4.89. The molecule has 1 heterocycles. The van der Waals surface area contributed by atoms with Crippen LogP contribution in [-0.4, -0.2) is 53.6 Å². The molecule has 5 atom stereocenters. The Balaban J connectivity index is 2.73. The largest absolute Gasteiger partial charge is 0.394 e. The van der Waals surface area contributed by atoms with Gasteiger partial charge in [-0.05, 0) is 12.3 Å². The lowest BCUT2D eigenvalue weighted by molar-refractivity contribution is -0.280. The van der Waals surface area contributed by atoms with Gasteiger partial charge in [0.25, 0.3) is 0 Å². The molecule has 1 fully saturated rings. The van der Waals surface area contributed by atoms with Crippen molar-refractivity contribution in [2.45, 2.75) is 44.9 Å². The van der Waals surface area contributed by atoms with E-state index < -0.39 is 24.6 Å². The third-order valence-electron chi connectivity index (χ3n) is 2.98. The number of rotatable bonds is 4. The maximum atomic E-state index is 9.97. The molecular formula is C11H22O5. The van der Waals surface area contributed by atoms with E-state index >= 15 is 0 Å².